The van der Waals surface area contributed by atoms with Crippen LogP contribution < -0.4 is 0 Å². The summed E-state index contributed by atoms with van der Waals surface area (Å²) in [5.41, 5.74) is 0.756. The van der Waals surface area contributed by atoms with Crippen molar-refractivity contribution in [2.45, 2.75) is 6.10 Å². The zero-order chi connectivity index (χ0) is 18.3. The summed E-state index contributed by atoms with van der Waals surface area (Å²) in [6.45, 7) is 0. The van der Waals surface area contributed by atoms with Gasteiger partial charge in [0.15, 0.2) is 5.15 Å². The third-order valence-electron chi connectivity index (χ3n) is 3.49. The number of rotatable bonds is 3. The van der Waals surface area contributed by atoms with Gasteiger partial charge in [0.05, 0.1) is 11.4 Å². The molecule has 1 heterocycles. The summed E-state index contributed by atoms with van der Waals surface area (Å²) in [5.74, 6) is -0.999. The third kappa shape index (κ3) is 3.55. The summed E-state index contributed by atoms with van der Waals surface area (Å²) in [4.78, 5) is 3.95. The summed E-state index contributed by atoms with van der Waals surface area (Å²) in [5, 5.41) is 10.7. The second kappa shape index (κ2) is 7.21. The molecule has 1 N–H and O–H groups in total. The average molecular weight is 469 g/mol. The molecular formula is C16H8BrCl3F2N2O. The fourth-order valence-electron chi connectivity index (χ4n) is 2.38. The lowest BCUT2D eigenvalue weighted by atomic mass is 10.1. The molecule has 2 aromatic carbocycles. The van der Waals surface area contributed by atoms with E-state index >= 15 is 0 Å². The Labute approximate surface area is 164 Å². The highest BCUT2D eigenvalue weighted by molar-refractivity contribution is 9.10. The van der Waals surface area contributed by atoms with Gasteiger partial charge in [-0.1, -0.05) is 29.3 Å². The van der Waals surface area contributed by atoms with Crippen LogP contribution in [0.3, 0.4) is 0 Å². The molecule has 0 amide bonds. The SMILES string of the molecule is OC(c1ccc(F)cc1Cl)c1c(Cl)nc(Cl)n1-c1ccc(F)cc1Br. The maximum Gasteiger partial charge on any atom is 0.209 e. The minimum absolute atomic E-state index is 0.0191. The predicted molar refractivity (Wildman–Crippen MR) is 96.7 cm³/mol. The largest absolute Gasteiger partial charge is 0.382 e. The molecule has 0 aliphatic heterocycles. The highest BCUT2D eigenvalue weighted by atomic mass is 79.9. The summed E-state index contributed by atoms with van der Waals surface area (Å²) in [7, 11) is 0. The molecule has 0 saturated heterocycles. The Morgan fingerprint density at radius 1 is 1.04 bits per heavy atom. The summed E-state index contributed by atoms with van der Waals surface area (Å²) >= 11 is 21.5. The van der Waals surface area contributed by atoms with Gasteiger partial charge in [-0.2, -0.15) is 0 Å². The first-order valence-electron chi connectivity index (χ1n) is 6.81. The van der Waals surface area contributed by atoms with Gasteiger partial charge in [0.2, 0.25) is 5.28 Å². The van der Waals surface area contributed by atoms with Crippen molar-refractivity contribution in [1.29, 1.82) is 0 Å². The number of benzene rings is 2. The van der Waals surface area contributed by atoms with Gasteiger partial charge in [-0.05, 0) is 57.9 Å². The van der Waals surface area contributed by atoms with Crippen LogP contribution in [0.4, 0.5) is 8.78 Å². The van der Waals surface area contributed by atoms with Crippen LogP contribution in [0.25, 0.3) is 5.69 Å². The minimum atomic E-state index is -1.34. The van der Waals surface area contributed by atoms with Gasteiger partial charge in [-0.25, -0.2) is 13.8 Å². The van der Waals surface area contributed by atoms with E-state index in [-0.39, 0.29) is 26.7 Å². The summed E-state index contributed by atoms with van der Waals surface area (Å²) < 4.78 is 28.4. The van der Waals surface area contributed by atoms with E-state index in [0.717, 1.165) is 12.1 Å². The molecule has 3 aromatic rings. The number of aliphatic hydroxyl groups is 1. The standard InChI is InChI=1S/C16H8BrCl3F2N2O/c17-10-5-7(21)2-4-12(10)24-13(15(19)23-16(24)20)14(25)9-3-1-8(22)6-11(9)18/h1-6,14,25H. The minimum Gasteiger partial charge on any atom is -0.382 e. The monoisotopic (exact) mass is 466 g/mol. The Morgan fingerprint density at radius 2 is 1.68 bits per heavy atom. The molecular weight excluding hydrogens is 460 g/mol. The molecule has 0 fully saturated rings. The lowest BCUT2D eigenvalue weighted by Gasteiger charge is -2.17. The summed E-state index contributed by atoms with van der Waals surface area (Å²) in [6, 6.07) is 7.49. The van der Waals surface area contributed by atoms with E-state index in [0.29, 0.717) is 10.2 Å². The molecule has 0 bridgehead atoms. The zero-order valence-corrected chi connectivity index (χ0v) is 16.0. The molecule has 1 atom stereocenters. The van der Waals surface area contributed by atoms with Crippen molar-refractivity contribution in [3.05, 3.63) is 79.2 Å². The van der Waals surface area contributed by atoms with Gasteiger partial charge < -0.3 is 5.11 Å². The number of hydrogen-bond donors (Lipinski definition) is 1. The second-order valence-corrected chi connectivity index (χ2v) is 7.01. The van der Waals surface area contributed by atoms with Crippen LogP contribution in [0.1, 0.15) is 17.4 Å². The van der Waals surface area contributed by atoms with Crippen LogP contribution in [-0.2, 0) is 0 Å². The Morgan fingerprint density at radius 3 is 2.32 bits per heavy atom. The Hall–Kier alpha value is -1.18. The smallest absolute Gasteiger partial charge is 0.209 e. The van der Waals surface area contributed by atoms with Crippen LogP contribution in [0.15, 0.2) is 40.9 Å². The molecule has 3 nitrogen and oxygen atoms in total. The lowest BCUT2D eigenvalue weighted by molar-refractivity contribution is 0.213. The maximum atomic E-state index is 13.4. The number of imidazole rings is 1. The maximum absolute atomic E-state index is 13.4. The molecule has 0 saturated carbocycles. The number of hydrogen-bond acceptors (Lipinski definition) is 2. The van der Waals surface area contributed by atoms with Gasteiger partial charge >= 0.3 is 0 Å². The first-order valence-corrected chi connectivity index (χ1v) is 8.74. The topological polar surface area (TPSA) is 38.1 Å². The molecule has 9 heteroatoms. The quantitative estimate of drug-likeness (QED) is 0.516. The molecule has 0 aliphatic rings. The summed E-state index contributed by atoms with van der Waals surface area (Å²) in [6.07, 6.45) is -1.34. The highest BCUT2D eigenvalue weighted by Gasteiger charge is 2.26. The molecule has 1 unspecified atom stereocenters. The van der Waals surface area contributed by atoms with Crippen molar-refractivity contribution in [1.82, 2.24) is 9.55 Å². The van der Waals surface area contributed by atoms with E-state index in [2.05, 4.69) is 20.9 Å². The average Bonchev–Trinajstić information content (AvgIpc) is 2.81. The fourth-order valence-corrected chi connectivity index (χ4v) is 3.75. The van der Waals surface area contributed by atoms with Crippen molar-refractivity contribution in [2.24, 2.45) is 0 Å². The van der Waals surface area contributed by atoms with Crippen LogP contribution in [0.5, 0.6) is 0 Å². The molecule has 0 radical (unpaired) electrons. The van der Waals surface area contributed by atoms with E-state index in [1.165, 1.54) is 28.8 Å². The lowest BCUT2D eigenvalue weighted by Crippen LogP contribution is -2.09. The molecule has 130 valence electrons. The normalized spacial score (nSPS) is 12.4. The van der Waals surface area contributed by atoms with E-state index in [1.54, 1.807) is 0 Å². The van der Waals surface area contributed by atoms with Crippen molar-refractivity contribution >= 4 is 50.7 Å². The Bertz CT molecular complexity index is 965. The zero-order valence-electron chi connectivity index (χ0n) is 12.2. The molecule has 0 aliphatic carbocycles. The first-order chi connectivity index (χ1) is 11.8. The van der Waals surface area contributed by atoms with Gasteiger partial charge in [0, 0.05) is 15.1 Å². The fraction of sp³-hybridized carbons (Fsp3) is 0.0625. The van der Waals surface area contributed by atoms with Crippen LogP contribution in [0, 0.1) is 11.6 Å². The number of halogens is 6. The van der Waals surface area contributed by atoms with E-state index in [9.17, 15) is 13.9 Å². The predicted octanol–water partition coefficient (Wildman–Crippen LogP) is 5.95. The van der Waals surface area contributed by atoms with Crippen molar-refractivity contribution < 1.29 is 13.9 Å². The molecule has 25 heavy (non-hydrogen) atoms. The van der Waals surface area contributed by atoms with Gasteiger partial charge in [-0.3, -0.25) is 4.57 Å². The van der Waals surface area contributed by atoms with E-state index < -0.39 is 17.7 Å². The van der Waals surface area contributed by atoms with Crippen molar-refractivity contribution in [2.75, 3.05) is 0 Å². The highest BCUT2D eigenvalue weighted by Crippen LogP contribution is 2.37. The van der Waals surface area contributed by atoms with E-state index in [4.69, 9.17) is 34.8 Å². The molecule has 0 spiro atoms. The molecule has 3 rings (SSSR count). The van der Waals surface area contributed by atoms with Crippen molar-refractivity contribution in [3.8, 4) is 5.69 Å². The number of nitrogens with zero attached hydrogens (tertiary/aromatic N) is 2. The van der Waals surface area contributed by atoms with Crippen LogP contribution in [0.2, 0.25) is 15.5 Å². The Kier molecular flexibility index (Phi) is 5.37. The second-order valence-electron chi connectivity index (χ2n) is 5.06. The van der Waals surface area contributed by atoms with Crippen LogP contribution >= 0.6 is 50.7 Å². The number of aromatic nitrogens is 2. The van der Waals surface area contributed by atoms with E-state index in [1.807, 2.05) is 0 Å². The number of aliphatic hydroxyl groups excluding tert-OH is 1. The van der Waals surface area contributed by atoms with Gasteiger partial charge in [-0.15, -0.1) is 0 Å². The van der Waals surface area contributed by atoms with Gasteiger partial charge in [0.1, 0.15) is 17.7 Å². The van der Waals surface area contributed by atoms with Gasteiger partial charge in [0.25, 0.3) is 0 Å². The third-order valence-corrected chi connectivity index (χ3v) is 4.99. The van der Waals surface area contributed by atoms with Crippen LogP contribution in [-0.4, -0.2) is 14.7 Å². The first kappa shape index (κ1) is 18.6. The Balaban J connectivity index is 2.20. The molecule has 1 aromatic heterocycles. The van der Waals surface area contributed by atoms with Crippen molar-refractivity contribution in [3.63, 3.8) is 0 Å².